The maximum atomic E-state index is 11.8. The highest BCUT2D eigenvalue weighted by Gasteiger charge is 2.41. The molecule has 2 heterocycles. The number of carbonyl (C=O) groups is 1. The smallest absolute Gasteiger partial charge is 0.238 e. The molecule has 110 valence electrons. The fraction of sp³-hybridized carbons (Fsp3) is 0.786. The van der Waals surface area contributed by atoms with Crippen LogP contribution in [0.1, 0.15) is 50.2 Å². The average Bonchev–Trinajstić information content (AvgIpc) is 3.09. The first-order valence-corrected chi connectivity index (χ1v) is 8.30. The van der Waals surface area contributed by atoms with E-state index in [-0.39, 0.29) is 11.7 Å². The monoisotopic (exact) mass is 296 g/mol. The zero-order valence-corrected chi connectivity index (χ0v) is 12.7. The average molecular weight is 296 g/mol. The molecule has 20 heavy (non-hydrogen) atoms. The number of methoxy groups -OCH3 is 1. The summed E-state index contributed by atoms with van der Waals surface area (Å²) in [7, 11) is 1.71. The van der Waals surface area contributed by atoms with Crippen molar-refractivity contribution >= 4 is 17.5 Å². The maximum Gasteiger partial charge on any atom is 0.238 e. The van der Waals surface area contributed by atoms with Gasteiger partial charge in [0, 0.05) is 12.9 Å². The molecule has 1 unspecified atom stereocenters. The summed E-state index contributed by atoms with van der Waals surface area (Å²) in [4.78, 5) is 16.3. The van der Waals surface area contributed by atoms with Crippen molar-refractivity contribution in [2.75, 3.05) is 18.6 Å². The summed E-state index contributed by atoms with van der Waals surface area (Å²) in [6.07, 6.45) is 4.04. The molecule has 0 bridgehead atoms. The number of ether oxygens (including phenoxy) is 1. The number of ketones is 1. The number of hydrogen-bond acceptors (Lipinski definition) is 6. The summed E-state index contributed by atoms with van der Waals surface area (Å²) in [5.41, 5.74) is -0.428. The first-order valence-electron chi connectivity index (χ1n) is 7.14. The van der Waals surface area contributed by atoms with Gasteiger partial charge in [0.05, 0.1) is 5.75 Å². The van der Waals surface area contributed by atoms with Crippen LogP contribution in [0.2, 0.25) is 0 Å². The van der Waals surface area contributed by atoms with E-state index in [1.165, 1.54) is 0 Å². The highest BCUT2D eigenvalue weighted by molar-refractivity contribution is 8.00. The van der Waals surface area contributed by atoms with Crippen molar-refractivity contribution < 1.29 is 14.1 Å². The minimum Gasteiger partial charge on any atom is -0.370 e. The second kappa shape index (κ2) is 5.48. The lowest BCUT2D eigenvalue weighted by molar-refractivity contribution is -0.117. The van der Waals surface area contributed by atoms with E-state index >= 15 is 0 Å². The van der Waals surface area contributed by atoms with Gasteiger partial charge in [-0.05, 0) is 31.6 Å². The fourth-order valence-corrected chi connectivity index (χ4v) is 4.07. The zero-order chi connectivity index (χ0) is 14.2. The molecular formula is C14H20N2O3S. The predicted molar refractivity (Wildman–Crippen MR) is 75.7 cm³/mol. The van der Waals surface area contributed by atoms with E-state index in [2.05, 4.69) is 17.1 Å². The third-order valence-electron chi connectivity index (χ3n) is 4.54. The van der Waals surface area contributed by atoms with Gasteiger partial charge in [-0.25, -0.2) is 0 Å². The first kappa shape index (κ1) is 14.1. The Hall–Kier alpha value is -0.880. The molecule has 1 saturated carbocycles. The Kier molecular flexibility index (Phi) is 3.86. The van der Waals surface area contributed by atoms with Crippen molar-refractivity contribution in [2.45, 2.75) is 44.1 Å². The lowest BCUT2D eigenvalue weighted by atomic mass is 9.79. The normalized spacial score (nSPS) is 34.6. The Morgan fingerprint density at radius 1 is 1.40 bits per heavy atom. The third kappa shape index (κ3) is 2.39. The summed E-state index contributed by atoms with van der Waals surface area (Å²) in [6.45, 7) is 2.26. The Bertz CT molecular complexity index is 494. The van der Waals surface area contributed by atoms with Gasteiger partial charge in [-0.15, -0.1) is 0 Å². The SMILES string of the molecule is COC1(c2noc(C3CSCC3=O)n2)CCC(C)CC1. The zero-order valence-electron chi connectivity index (χ0n) is 11.9. The fourth-order valence-electron chi connectivity index (χ4n) is 2.99. The molecule has 1 aliphatic carbocycles. The maximum absolute atomic E-state index is 11.8. The van der Waals surface area contributed by atoms with Crippen LogP contribution in [0.3, 0.4) is 0 Å². The molecule has 6 heteroatoms. The number of nitrogens with zero attached hydrogens (tertiary/aromatic N) is 2. The molecule has 0 N–H and O–H groups in total. The summed E-state index contributed by atoms with van der Waals surface area (Å²) in [5, 5.41) is 4.11. The lowest BCUT2D eigenvalue weighted by Crippen LogP contribution is -2.34. The van der Waals surface area contributed by atoms with Crippen LogP contribution in [0.25, 0.3) is 0 Å². The van der Waals surface area contributed by atoms with E-state index in [1.54, 1.807) is 18.9 Å². The van der Waals surface area contributed by atoms with E-state index in [1.807, 2.05) is 0 Å². The first-order chi connectivity index (χ1) is 9.64. The molecular weight excluding hydrogens is 276 g/mol. The van der Waals surface area contributed by atoms with Crippen molar-refractivity contribution in [3.63, 3.8) is 0 Å². The lowest BCUT2D eigenvalue weighted by Gasteiger charge is -2.35. The van der Waals surface area contributed by atoms with Crippen LogP contribution in [0, 0.1) is 5.92 Å². The van der Waals surface area contributed by atoms with Gasteiger partial charge in [0.1, 0.15) is 11.5 Å². The molecule has 0 radical (unpaired) electrons. The second-order valence-electron chi connectivity index (χ2n) is 5.87. The van der Waals surface area contributed by atoms with Crippen LogP contribution >= 0.6 is 11.8 Å². The van der Waals surface area contributed by atoms with Crippen molar-refractivity contribution in [1.82, 2.24) is 10.1 Å². The van der Waals surface area contributed by atoms with Crippen molar-refractivity contribution in [3.05, 3.63) is 11.7 Å². The number of Topliss-reactive ketones (excluding diaryl/α,β-unsaturated/α-hetero) is 1. The molecule has 1 aliphatic heterocycles. The van der Waals surface area contributed by atoms with Gasteiger partial charge < -0.3 is 9.26 Å². The second-order valence-corrected chi connectivity index (χ2v) is 6.90. The van der Waals surface area contributed by atoms with Crippen LogP contribution in [0.4, 0.5) is 0 Å². The molecule has 2 fully saturated rings. The van der Waals surface area contributed by atoms with Crippen molar-refractivity contribution in [1.29, 1.82) is 0 Å². The van der Waals surface area contributed by atoms with E-state index in [0.717, 1.165) is 37.4 Å². The third-order valence-corrected chi connectivity index (χ3v) is 5.60. The number of hydrogen-bond donors (Lipinski definition) is 0. The number of carbonyl (C=O) groups excluding carboxylic acids is 1. The van der Waals surface area contributed by atoms with Gasteiger partial charge in [0.2, 0.25) is 11.7 Å². The van der Waals surface area contributed by atoms with Crippen LogP contribution < -0.4 is 0 Å². The molecule has 0 amide bonds. The molecule has 0 spiro atoms. The molecule has 1 saturated heterocycles. The highest BCUT2D eigenvalue weighted by Crippen LogP contribution is 2.41. The van der Waals surface area contributed by atoms with Gasteiger partial charge in [-0.2, -0.15) is 16.7 Å². The molecule has 2 aliphatic rings. The topological polar surface area (TPSA) is 65.2 Å². The van der Waals surface area contributed by atoms with Gasteiger partial charge in [0.25, 0.3) is 0 Å². The van der Waals surface area contributed by atoms with Gasteiger partial charge in [-0.3, -0.25) is 4.79 Å². The summed E-state index contributed by atoms with van der Waals surface area (Å²) in [5.74, 6) is 3.06. The van der Waals surface area contributed by atoms with Crippen LogP contribution in [0.15, 0.2) is 4.52 Å². The largest absolute Gasteiger partial charge is 0.370 e. The number of rotatable bonds is 3. The van der Waals surface area contributed by atoms with E-state index in [9.17, 15) is 4.79 Å². The van der Waals surface area contributed by atoms with Gasteiger partial charge >= 0.3 is 0 Å². The summed E-state index contributed by atoms with van der Waals surface area (Å²) < 4.78 is 11.1. The predicted octanol–water partition coefficient (Wildman–Crippen LogP) is 2.52. The van der Waals surface area contributed by atoms with E-state index in [0.29, 0.717) is 17.5 Å². The summed E-state index contributed by atoms with van der Waals surface area (Å²) >= 11 is 1.63. The standard InChI is InChI=1S/C14H20N2O3S/c1-9-3-5-14(18-2,6-4-9)13-15-12(19-16-13)10-7-20-8-11(10)17/h9-10H,3-8H2,1-2H3. The molecule has 1 aromatic rings. The molecule has 5 nitrogen and oxygen atoms in total. The van der Waals surface area contributed by atoms with Gasteiger partial charge in [0.15, 0.2) is 5.78 Å². The quantitative estimate of drug-likeness (QED) is 0.854. The number of thioether (sulfide) groups is 1. The Morgan fingerprint density at radius 3 is 2.75 bits per heavy atom. The van der Waals surface area contributed by atoms with E-state index < -0.39 is 5.60 Å². The van der Waals surface area contributed by atoms with Crippen LogP contribution in [0.5, 0.6) is 0 Å². The van der Waals surface area contributed by atoms with Crippen molar-refractivity contribution in [2.24, 2.45) is 5.92 Å². The Morgan fingerprint density at radius 2 is 2.15 bits per heavy atom. The number of aromatic nitrogens is 2. The Labute approximate surface area is 122 Å². The Balaban J connectivity index is 1.83. The minimum atomic E-state index is -0.428. The summed E-state index contributed by atoms with van der Waals surface area (Å²) in [6, 6.07) is 0. The van der Waals surface area contributed by atoms with Crippen LogP contribution in [-0.2, 0) is 15.1 Å². The van der Waals surface area contributed by atoms with E-state index in [4.69, 9.17) is 9.26 Å². The van der Waals surface area contributed by atoms with Crippen molar-refractivity contribution in [3.8, 4) is 0 Å². The highest BCUT2D eigenvalue weighted by atomic mass is 32.2. The minimum absolute atomic E-state index is 0.189. The molecule has 1 aromatic heterocycles. The van der Waals surface area contributed by atoms with Crippen LogP contribution in [-0.4, -0.2) is 34.5 Å². The molecule has 1 atom stereocenters. The molecule has 3 rings (SSSR count). The van der Waals surface area contributed by atoms with Gasteiger partial charge in [-0.1, -0.05) is 12.1 Å². The molecule has 0 aromatic carbocycles.